The Bertz CT molecular complexity index is 487. The molecule has 3 rings (SSSR count). The summed E-state index contributed by atoms with van der Waals surface area (Å²) in [5, 5.41) is 2.99. The number of carbonyl (C=O) groups excluding carboxylic acids is 1. The van der Waals surface area contributed by atoms with Crippen molar-refractivity contribution in [3.05, 3.63) is 23.8 Å². The maximum Gasteiger partial charge on any atom is 0.238 e. The van der Waals surface area contributed by atoms with Crippen molar-refractivity contribution in [2.75, 3.05) is 30.7 Å². The monoisotopic (exact) mass is 287 g/mol. The first kappa shape index (κ1) is 14.4. The first-order valence-electron chi connectivity index (χ1n) is 7.99. The highest BCUT2D eigenvalue weighted by Crippen LogP contribution is 2.33. The summed E-state index contributed by atoms with van der Waals surface area (Å²) in [4.78, 5) is 14.7. The highest BCUT2D eigenvalue weighted by Gasteiger charge is 2.30. The van der Waals surface area contributed by atoms with Gasteiger partial charge >= 0.3 is 0 Å². The Balaban J connectivity index is 1.57. The summed E-state index contributed by atoms with van der Waals surface area (Å²) < 4.78 is 0. The number of aryl methyl sites for hydroxylation is 1. The van der Waals surface area contributed by atoms with Gasteiger partial charge in [-0.3, -0.25) is 9.69 Å². The number of nitrogens with one attached hydrogen (secondary N) is 1. The van der Waals surface area contributed by atoms with Crippen LogP contribution in [-0.4, -0.2) is 30.4 Å². The number of rotatable bonds is 7. The number of para-hydroxylation sites is 1. The molecule has 4 heteroatoms. The first-order chi connectivity index (χ1) is 10.1. The number of nitrogens with zero attached hydrogens (tertiary/aromatic N) is 1. The molecule has 0 aromatic heterocycles. The Kier molecular flexibility index (Phi) is 4.15. The molecule has 21 heavy (non-hydrogen) atoms. The van der Waals surface area contributed by atoms with E-state index in [4.69, 9.17) is 5.73 Å². The van der Waals surface area contributed by atoms with Crippen LogP contribution in [0, 0.1) is 18.8 Å². The van der Waals surface area contributed by atoms with E-state index in [1.54, 1.807) is 0 Å². The van der Waals surface area contributed by atoms with Gasteiger partial charge in [0.15, 0.2) is 0 Å². The van der Waals surface area contributed by atoms with Crippen molar-refractivity contribution in [2.45, 2.75) is 32.6 Å². The van der Waals surface area contributed by atoms with Crippen molar-refractivity contribution in [2.24, 2.45) is 11.8 Å². The number of anilines is 2. The third-order valence-electron chi connectivity index (χ3n) is 4.36. The average Bonchev–Trinajstić information content (AvgIpc) is 3.30. The number of nitrogen functional groups attached to an aromatic ring is 1. The summed E-state index contributed by atoms with van der Waals surface area (Å²) in [5.74, 6) is 1.69. The SMILES string of the molecule is Cc1cccc(N)c1NC(=O)CN(CC1CC1)CC1CC1. The molecule has 4 nitrogen and oxygen atoms in total. The van der Waals surface area contributed by atoms with Crippen molar-refractivity contribution in [1.82, 2.24) is 4.90 Å². The van der Waals surface area contributed by atoms with Gasteiger partial charge in [-0.2, -0.15) is 0 Å². The van der Waals surface area contributed by atoms with Crippen LogP contribution in [0.3, 0.4) is 0 Å². The molecule has 114 valence electrons. The van der Waals surface area contributed by atoms with Crippen LogP contribution in [0.4, 0.5) is 11.4 Å². The molecule has 0 unspecified atom stereocenters. The van der Waals surface area contributed by atoms with E-state index in [0.29, 0.717) is 12.2 Å². The Labute approximate surface area is 126 Å². The lowest BCUT2D eigenvalue weighted by Crippen LogP contribution is -2.36. The zero-order valence-electron chi connectivity index (χ0n) is 12.8. The maximum atomic E-state index is 12.3. The highest BCUT2D eigenvalue weighted by molar-refractivity contribution is 5.96. The Hall–Kier alpha value is -1.55. The normalized spacial score (nSPS) is 18.0. The molecule has 1 amide bonds. The van der Waals surface area contributed by atoms with Crippen LogP contribution in [-0.2, 0) is 4.79 Å². The lowest BCUT2D eigenvalue weighted by atomic mass is 10.1. The topological polar surface area (TPSA) is 58.4 Å². The van der Waals surface area contributed by atoms with Gasteiger partial charge in [0, 0.05) is 13.1 Å². The lowest BCUT2D eigenvalue weighted by Gasteiger charge is -2.22. The zero-order valence-corrected chi connectivity index (χ0v) is 12.8. The summed E-state index contributed by atoms with van der Waals surface area (Å²) in [6.45, 7) is 4.61. The smallest absolute Gasteiger partial charge is 0.238 e. The van der Waals surface area contributed by atoms with Crippen molar-refractivity contribution in [3.8, 4) is 0 Å². The Morgan fingerprint density at radius 1 is 1.24 bits per heavy atom. The largest absolute Gasteiger partial charge is 0.397 e. The lowest BCUT2D eigenvalue weighted by molar-refractivity contribution is -0.117. The van der Waals surface area contributed by atoms with Crippen LogP contribution in [0.25, 0.3) is 0 Å². The van der Waals surface area contributed by atoms with Crippen LogP contribution >= 0.6 is 0 Å². The molecule has 0 bridgehead atoms. The number of hydrogen-bond donors (Lipinski definition) is 2. The van der Waals surface area contributed by atoms with Gasteiger partial charge in [-0.05, 0) is 56.1 Å². The second kappa shape index (κ2) is 6.06. The third kappa shape index (κ3) is 4.21. The molecule has 0 heterocycles. The van der Waals surface area contributed by atoms with Gasteiger partial charge in [-0.25, -0.2) is 0 Å². The summed E-state index contributed by atoms with van der Waals surface area (Å²) in [6, 6.07) is 5.71. The van der Waals surface area contributed by atoms with E-state index >= 15 is 0 Å². The average molecular weight is 287 g/mol. The van der Waals surface area contributed by atoms with Gasteiger partial charge < -0.3 is 11.1 Å². The van der Waals surface area contributed by atoms with Crippen LogP contribution in [0.15, 0.2) is 18.2 Å². The van der Waals surface area contributed by atoms with Crippen LogP contribution in [0.2, 0.25) is 0 Å². The van der Waals surface area contributed by atoms with Gasteiger partial charge in [-0.15, -0.1) is 0 Å². The van der Waals surface area contributed by atoms with E-state index in [2.05, 4.69) is 10.2 Å². The van der Waals surface area contributed by atoms with Crippen molar-refractivity contribution in [3.63, 3.8) is 0 Å². The van der Waals surface area contributed by atoms with Gasteiger partial charge in [0.25, 0.3) is 0 Å². The molecule has 0 aliphatic heterocycles. The van der Waals surface area contributed by atoms with Gasteiger partial charge in [0.2, 0.25) is 5.91 Å². The van der Waals surface area contributed by atoms with Crippen LogP contribution in [0.5, 0.6) is 0 Å². The maximum absolute atomic E-state index is 12.3. The molecule has 0 radical (unpaired) electrons. The fourth-order valence-corrected chi connectivity index (χ4v) is 2.78. The Morgan fingerprint density at radius 2 is 1.86 bits per heavy atom. The third-order valence-corrected chi connectivity index (χ3v) is 4.36. The molecule has 2 aliphatic rings. The molecular formula is C17H25N3O. The molecule has 0 atom stereocenters. The summed E-state index contributed by atoms with van der Waals surface area (Å²) in [7, 11) is 0. The van der Waals surface area contributed by atoms with Crippen molar-refractivity contribution in [1.29, 1.82) is 0 Å². The van der Waals surface area contributed by atoms with E-state index in [0.717, 1.165) is 36.2 Å². The number of benzene rings is 1. The molecule has 2 fully saturated rings. The molecule has 2 saturated carbocycles. The van der Waals surface area contributed by atoms with Crippen LogP contribution in [0.1, 0.15) is 31.2 Å². The Morgan fingerprint density at radius 3 is 2.38 bits per heavy atom. The van der Waals surface area contributed by atoms with Crippen molar-refractivity contribution >= 4 is 17.3 Å². The quantitative estimate of drug-likeness (QED) is 0.758. The predicted molar refractivity (Wildman–Crippen MR) is 86.1 cm³/mol. The van der Waals surface area contributed by atoms with Gasteiger partial charge in [0.1, 0.15) is 0 Å². The molecule has 1 aromatic carbocycles. The fraction of sp³-hybridized carbons (Fsp3) is 0.588. The highest BCUT2D eigenvalue weighted by atomic mass is 16.2. The molecule has 0 saturated heterocycles. The molecular weight excluding hydrogens is 262 g/mol. The minimum Gasteiger partial charge on any atom is -0.397 e. The number of carbonyl (C=O) groups is 1. The van der Waals surface area contributed by atoms with E-state index < -0.39 is 0 Å². The second-order valence-electron chi connectivity index (χ2n) is 6.67. The van der Waals surface area contributed by atoms with E-state index in [-0.39, 0.29) is 5.91 Å². The fourth-order valence-electron chi connectivity index (χ4n) is 2.78. The van der Waals surface area contributed by atoms with Crippen molar-refractivity contribution < 1.29 is 4.79 Å². The molecule has 0 spiro atoms. The summed E-state index contributed by atoms with van der Waals surface area (Å²) >= 11 is 0. The first-order valence-corrected chi connectivity index (χ1v) is 7.99. The minimum absolute atomic E-state index is 0.0531. The molecule has 1 aromatic rings. The van der Waals surface area contributed by atoms with E-state index in [1.807, 2.05) is 25.1 Å². The standard InChI is InChI=1S/C17H25N3O/c1-12-3-2-4-15(18)17(12)19-16(21)11-20(9-13-5-6-13)10-14-7-8-14/h2-4,13-14H,5-11,18H2,1H3,(H,19,21). The van der Waals surface area contributed by atoms with E-state index in [9.17, 15) is 4.79 Å². The molecule has 3 N–H and O–H groups in total. The summed E-state index contributed by atoms with van der Waals surface area (Å²) in [6.07, 6.45) is 5.31. The number of amides is 1. The van der Waals surface area contributed by atoms with Crippen LogP contribution < -0.4 is 11.1 Å². The van der Waals surface area contributed by atoms with E-state index in [1.165, 1.54) is 25.7 Å². The minimum atomic E-state index is 0.0531. The zero-order chi connectivity index (χ0) is 14.8. The number of hydrogen-bond acceptors (Lipinski definition) is 3. The predicted octanol–water partition coefficient (Wildman–Crippen LogP) is 2.64. The second-order valence-corrected chi connectivity index (χ2v) is 6.67. The summed E-state index contributed by atoms with van der Waals surface area (Å²) in [5.41, 5.74) is 8.37. The molecule has 2 aliphatic carbocycles. The van der Waals surface area contributed by atoms with Gasteiger partial charge in [-0.1, -0.05) is 12.1 Å². The number of nitrogens with two attached hydrogens (primary N) is 1. The van der Waals surface area contributed by atoms with Gasteiger partial charge in [0.05, 0.1) is 17.9 Å².